The number of ether oxygens (including phenoxy) is 1. The maximum Gasteiger partial charge on any atom is 0.338 e. The van der Waals surface area contributed by atoms with Gasteiger partial charge >= 0.3 is 5.97 Å². The van der Waals surface area contributed by atoms with Crippen LogP contribution in [0.15, 0.2) is 54.6 Å². The molecule has 1 atom stereocenters. The van der Waals surface area contributed by atoms with E-state index in [2.05, 4.69) is 0 Å². The van der Waals surface area contributed by atoms with Gasteiger partial charge in [-0.2, -0.15) is 0 Å². The van der Waals surface area contributed by atoms with E-state index in [1.165, 1.54) is 0 Å². The third-order valence-corrected chi connectivity index (χ3v) is 2.79. The summed E-state index contributed by atoms with van der Waals surface area (Å²) in [5.41, 5.74) is 2.64. The smallest absolute Gasteiger partial charge is 0.338 e. The van der Waals surface area contributed by atoms with E-state index < -0.39 is 12.1 Å². The number of esters is 1. The summed E-state index contributed by atoms with van der Waals surface area (Å²) in [7, 11) is 0. The Labute approximate surface area is 112 Å². The number of benzene rings is 2. The van der Waals surface area contributed by atoms with E-state index in [1.54, 1.807) is 19.1 Å². The average molecular weight is 256 g/mol. The van der Waals surface area contributed by atoms with Crippen LogP contribution >= 0.6 is 0 Å². The number of aliphatic hydroxyl groups excluding tert-OH is 1. The Morgan fingerprint density at radius 1 is 1.05 bits per heavy atom. The van der Waals surface area contributed by atoms with Crippen molar-refractivity contribution in [2.24, 2.45) is 0 Å². The molecule has 0 saturated carbocycles. The Morgan fingerprint density at radius 3 is 2.21 bits per heavy atom. The zero-order valence-corrected chi connectivity index (χ0v) is 10.7. The lowest BCUT2D eigenvalue weighted by Gasteiger charge is -2.10. The first-order valence-corrected chi connectivity index (χ1v) is 6.18. The molecule has 2 aromatic rings. The number of hydrogen-bond donors (Lipinski definition) is 1. The van der Waals surface area contributed by atoms with E-state index >= 15 is 0 Å². The lowest BCUT2D eigenvalue weighted by atomic mass is 10.0. The molecule has 0 aromatic heterocycles. The molecule has 0 aliphatic carbocycles. The van der Waals surface area contributed by atoms with Gasteiger partial charge in [-0.1, -0.05) is 42.5 Å². The van der Waals surface area contributed by atoms with Crippen LogP contribution in [0.25, 0.3) is 11.1 Å². The first-order chi connectivity index (χ1) is 9.20. The van der Waals surface area contributed by atoms with E-state index in [1.807, 2.05) is 42.5 Å². The molecule has 2 aromatic carbocycles. The largest absolute Gasteiger partial charge is 0.457 e. The average Bonchev–Trinajstić information content (AvgIpc) is 2.48. The van der Waals surface area contributed by atoms with Gasteiger partial charge in [0.05, 0.1) is 12.2 Å². The highest BCUT2D eigenvalue weighted by atomic mass is 16.5. The van der Waals surface area contributed by atoms with Crippen molar-refractivity contribution < 1.29 is 14.6 Å². The fourth-order valence-corrected chi connectivity index (χ4v) is 1.72. The second-order valence-corrected chi connectivity index (χ2v) is 4.34. The summed E-state index contributed by atoms with van der Waals surface area (Å²) in [6.07, 6.45) is -0.485. The van der Waals surface area contributed by atoms with Crippen molar-refractivity contribution in [1.82, 2.24) is 0 Å². The predicted octanol–water partition coefficient (Wildman–Crippen LogP) is 2.89. The number of carbonyl (C=O) groups excluding carboxylic acids is 1. The zero-order chi connectivity index (χ0) is 13.7. The fraction of sp³-hybridized carbons (Fsp3) is 0.188. The molecule has 0 spiro atoms. The summed E-state index contributed by atoms with van der Waals surface area (Å²) < 4.78 is 5.04. The van der Waals surface area contributed by atoms with Crippen molar-refractivity contribution >= 4 is 5.97 Å². The monoisotopic (exact) mass is 256 g/mol. The molecule has 0 bridgehead atoms. The van der Waals surface area contributed by atoms with E-state index in [0.717, 1.165) is 11.1 Å². The number of carbonyl (C=O) groups is 1. The summed E-state index contributed by atoms with van der Waals surface area (Å²) in [4.78, 5) is 11.7. The molecule has 0 amide bonds. The van der Waals surface area contributed by atoms with Crippen molar-refractivity contribution in [2.45, 2.75) is 13.0 Å². The molecule has 1 N–H and O–H groups in total. The van der Waals surface area contributed by atoms with Crippen molar-refractivity contribution in [2.75, 3.05) is 6.61 Å². The van der Waals surface area contributed by atoms with Gasteiger partial charge in [-0.25, -0.2) is 4.79 Å². The zero-order valence-electron chi connectivity index (χ0n) is 10.7. The normalized spacial score (nSPS) is 11.9. The molecule has 2 rings (SSSR count). The molecule has 0 aliphatic heterocycles. The van der Waals surface area contributed by atoms with E-state index in [9.17, 15) is 4.79 Å². The molecule has 19 heavy (non-hydrogen) atoms. The first kappa shape index (κ1) is 13.3. The van der Waals surface area contributed by atoms with E-state index in [4.69, 9.17) is 9.84 Å². The Kier molecular flexibility index (Phi) is 4.31. The molecule has 0 fully saturated rings. The molecule has 0 heterocycles. The maximum atomic E-state index is 11.7. The van der Waals surface area contributed by atoms with Gasteiger partial charge in [-0.3, -0.25) is 0 Å². The topological polar surface area (TPSA) is 46.5 Å². The van der Waals surface area contributed by atoms with E-state index in [0.29, 0.717) is 5.56 Å². The van der Waals surface area contributed by atoms with Crippen LogP contribution in [-0.2, 0) is 4.74 Å². The summed E-state index contributed by atoms with van der Waals surface area (Å²) >= 11 is 0. The SMILES string of the molecule is CC(CO)OC(=O)c1ccc(-c2ccccc2)cc1. The van der Waals surface area contributed by atoms with Gasteiger partial charge in [0, 0.05) is 0 Å². The van der Waals surface area contributed by atoms with Crippen LogP contribution in [0.1, 0.15) is 17.3 Å². The van der Waals surface area contributed by atoms with Crippen LogP contribution in [-0.4, -0.2) is 23.8 Å². The van der Waals surface area contributed by atoms with Crippen LogP contribution in [0, 0.1) is 0 Å². The minimum atomic E-state index is -0.485. The standard InChI is InChI=1S/C16H16O3/c1-12(11-17)19-16(18)15-9-7-14(8-10-15)13-5-3-2-4-6-13/h2-10,12,17H,11H2,1H3. The summed E-state index contributed by atoms with van der Waals surface area (Å²) in [5.74, 6) is -0.416. The number of aliphatic hydroxyl groups is 1. The Hall–Kier alpha value is -2.13. The summed E-state index contributed by atoms with van der Waals surface area (Å²) in [6.45, 7) is 1.48. The van der Waals surface area contributed by atoms with Gasteiger partial charge in [0.15, 0.2) is 0 Å². The molecular formula is C16H16O3. The lowest BCUT2D eigenvalue weighted by molar-refractivity contribution is 0.0197. The minimum absolute atomic E-state index is 0.173. The highest BCUT2D eigenvalue weighted by molar-refractivity contribution is 5.90. The lowest BCUT2D eigenvalue weighted by Crippen LogP contribution is -2.18. The highest BCUT2D eigenvalue weighted by Crippen LogP contribution is 2.19. The number of hydrogen-bond acceptors (Lipinski definition) is 3. The maximum absolute atomic E-state index is 11.7. The first-order valence-electron chi connectivity index (χ1n) is 6.18. The van der Waals surface area contributed by atoms with Crippen LogP contribution in [0.4, 0.5) is 0 Å². The van der Waals surface area contributed by atoms with Gasteiger partial charge < -0.3 is 9.84 Å². The highest BCUT2D eigenvalue weighted by Gasteiger charge is 2.11. The molecular weight excluding hydrogens is 240 g/mol. The predicted molar refractivity (Wildman–Crippen MR) is 73.8 cm³/mol. The molecule has 0 aliphatic rings. The van der Waals surface area contributed by atoms with Gasteiger partial charge in [0.25, 0.3) is 0 Å². The quantitative estimate of drug-likeness (QED) is 0.856. The van der Waals surface area contributed by atoms with Gasteiger partial charge in [-0.05, 0) is 30.2 Å². The second kappa shape index (κ2) is 6.16. The Morgan fingerprint density at radius 2 is 1.63 bits per heavy atom. The van der Waals surface area contributed by atoms with Crippen molar-refractivity contribution in [3.05, 3.63) is 60.2 Å². The van der Waals surface area contributed by atoms with Crippen LogP contribution in [0.5, 0.6) is 0 Å². The number of rotatable bonds is 4. The third kappa shape index (κ3) is 3.42. The Balaban J connectivity index is 2.13. The minimum Gasteiger partial charge on any atom is -0.457 e. The molecule has 98 valence electrons. The molecule has 0 radical (unpaired) electrons. The van der Waals surface area contributed by atoms with Crippen molar-refractivity contribution in [1.29, 1.82) is 0 Å². The molecule has 0 saturated heterocycles. The molecule has 3 heteroatoms. The van der Waals surface area contributed by atoms with Gasteiger partial charge in [0.2, 0.25) is 0 Å². The second-order valence-electron chi connectivity index (χ2n) is 4.34. The van der Waals surface area contributed by atoms with Crippen LogP contribution in [0.3, 0.4) is 0 Å². The third-order valence-electron chi connectivity index (χ3n) is 2.79. The van der Waals surface area contributed by atoms with Crippen LogP contribution in [0.2, 0.25) is 0 Å². The molecule has 3 nitrogen and oxygen atoms in total. The van der Waals surface area contributed by atoms with Crippen molar-refractivity contribution in [3.63, 3.8) is 0 Å². The summed E-state index contributed by atoms with van der Waals surface area (Å²) in [6, 6.07) is 17.2. The van der Waals surface area contributed by atoms with Crippen molar-refractivity contribution in [3.8, 4) is 11.1 Å². The van der Waals surface area contributed by atoms with E-state index in [-0.39, 0.29) is 6.61 Å². The van der Waals surface area contributed by atoms with Gasteiger partial charge in [0.1, 0.15) is 6.10 Å². The molecule has 1 unspecified atom stereocenters. The fourth-order valence-electron chi connectivity index (χ4n) is 1.72. The Bertz CT molecular complexity index is 532. The summed E-state index contributed by atoms with van der Waals surface area (Å²) in [5, 5.41) is 8.85. The van der Waals surface area contributed by atoms with Gasteiger partial charge in [-0.15, -0.1) is 0 Å². The van der Waals surface area contributed by atoms with Crippen LogP contribution < -0.4 is 0 Å².